The fourth-order valence-electron chi connectivity index (χ4n) is 1.20. The number of amides is 2. The molecule has 0 spiro atoms. The van der Waals surface area contributed by atoms with Crippen LogP contribution in [0.1, 0.15) is 10.4 Å². The van der Waals surface area contributed by atoms with E-state index in [9.17, 15) is 9.59 Å². The first kappa shape index (κ1) is 12.6. The minimum absolute atomic E-state index is 0.107. The summed E-state index contributed by atoms with van der Waals surface area (Å²) in [6.45, 7) is 0.435. The van der Waals surface area contributed by atoms with E-state index in [0.29, 0.717) is 23.5 Å². The Kier molecular flexibility index (Phi) is 4.15. The predicted octanol–water partition coefficient (Wildman–Crippen LogP) is -0.125. The molecule has 2 amide bonds. The monoisotopic (exact) mass is 238 g/mol. The summed E-state index contributed by atoms with van der Waals surface area (Å²) in [5, 5.41) is 2.90. The standard InChI is InChI=1S/C10H14N4O3/c11-7-2-1-6(9(12)15)5-8(7)14-3-4-17-10(13)16/h1-2,5,14H,3-4,11H2,(H2,12,15)(H2,13,16). The van der Waals surface area contributed by atoms with Crippen LogP contribution in [0.2, 0.25) is 0 Å². The third-order valence-electron chi connectivity index (χ3n) is 2.00. The maximum atomic E-state index is 11.0. The highest BCUT2D eigenvalue weighted by Gasteiger charge is 2.04. The molecule has 7 N–H and O–H groups in total. The van der Waals surface area contributed by atoms with Crippen LogP contribution < -0.4 is 22.5 Å². The van der Waals surface area contributed by atoms with Gasteiger partial charge in [0.2, 0.25) is 5.91 Å². The molecular weight excluding hydrogens is 224 g/mol. The van der Waals surface area contributed by atoms with E-state index in [0.717, 1.165) is 0 Å². The second-order valence-electron chi connectivity index (χ2n) is 3.26. The molecule has 0 aliphatic carbocycles. The number of primary amides is 2. The van der Waals surface area contributed by atoms with E-state index < -0.39 is 12.0 Å². The summed E-state index contributed by atoms with van der Waals surface area (Å²) in [5.74, 6) is -0.540. The number of nitrogens with two attached hydrogens (primary N) is 3. The van der Waals surface area contributed by atoms with Crippen molar-refractivity contribution in [2.45, 2.75) is 0 Å². The molecule has 1 rings (SSSR count). The Morgan fingerprint density at radius 1 is 1.29 bits per heavy atom. The van der Waals surface area contributed by atoms with Gasteiger partial charge in [-0.15, -0.1) is 0 Å². The van der Waals surface area contributed by atoms with Gasteiger partial charge >= 0.3 is 6.09 Å². The number of nitrogens with one attached hydrogen (secondary N) is 1. The van der Waals surface area contributed by atoms with Crippen molar-refractivity contribution in [2.24, 2.45) is 11.5 Å². The molecule has 0 heterocycles. The zero-order valence-corrected chi connectivity index (χ0v) is 9.10. The molecule has 7 nitrogen and oxygen atoms in total. The normalized spacial score (nSPS) is 9.65. The molecule has 0 unspecified atom stereocenters. The lowest BCUT2D eigenvalue weighted by atomic mass is 10.1. The number of nitrogen functional groups attached to an aromatic ring is 1. The molecule has 7 heteroatoms. The Morgan fingerprint density at radius 3 is 2.59 bits per heavy atom. The van der Waals surface area contributed by atoms with E-state index in [2.05, 4.69) is 10.1 Å². The smallest absolute Gasteiger partial charge is 0.404 e. The van der Waals surface area contributed by atoms with E-state index in [-0.39, 0.29) is 6.61 Å². The molecule has 0 bridgehead atoms. The first-order chi connectivity index (χ1) is 8.00. The van der Waals surface area contributed by atoms with Gasteiger partial charge in [0.25, 0.3) is 0 Å². The van der Waals surface area contributed by atoms with Crippen molar-refractivity contribution < 1.29 is 14.3 Å². The van der Waals surface area contributed by atoms with Crippen molar-refractivity contribution in [1.82, 2.24) is 0 Å². The molecule has 0 aromatic heterocycles. The quantitative estimate of drug-likeness (QED) is 0.419. The van der Waals surface area contributed by atoms with Crippen LogP contribution in [0.5, 0.6) is 0 Å². The van der Waals surface area contributed by atoms with Gasteiger partial charge < -0.3 is 27.3 Å². The molecule has 0 aliphatic heterocycles. The number of hydrogen-bond acceptors (Lipinski definition) is 5. The van der Waals surface area contributed by atoms with Crippen molar-refractivity contribution in [3.05, 3.63) is 23.8 Å². The van der Waals surface area contributed by atoms with Crippen LogP contribution in [-0.4, -0.2) is 25.2 Å². The number of hydrogen-bond donors (Lipinski definition) is 4. The Hall–Kier alpha value is -2.44. The highest BCUT2D eigenvalue weighted by molar-refractivity contribution is 5.94. The zero-order chi connectivity index (χ0) is 12.8. The minimum atomic E-state index is -0.842. The van der Waals surface area contributed by atoms with Crippen LogP contribution >= 0.6 is 0 Å². The van der Waals surface area contributed by atoms with Crippen molar-refractivity contribution in [2.75, 3.05) is 24.2 Å². The number of rotatable bonds is 5. The van der Waals surface area contributed by atoms with Crippen LogP contribution in [0.3, 0.4) is 0 Å². The average molecular weight is 238 g/mol. The number of carbonyl (C=O) groups is 2. The third-order valence-corrected chi connectivity index (χ3v) is 2.00. The average Bonchev–Trinajstić information content (AvgIpc) is 2.25. The summed E-state index contributed by atoms with van der Waals surface area (Å²) in [6, 6.07) is 4.63. The van der Waals surface area contributed by atoms with Crippen molar-refractivity contribution in [3.63, 3.8) is 0 Å². The molecular formula is C10H14N4O3. The highest BCUT2D eigenvalue weighted by Crippen LogP contribution is 2.19. The van der Waals surface area contributed by atoms with Gasteiger partial charge in [0.15, 0.2) is 0 Å². The first-order valence-electron chi connectivity index (χ1n) is 4.86. The van der Waals surface area contributed by atoms with Crippen LogP contribution in [-0.2, 0) is 4.74 Å². The fourth-order valence-corrected chi connectivity index (χ4v) is 1.20. The van der Waals surface area contributed by atoms with Gasteiger partial charge in [0.1, 0.15) is 6.61 Å². The van der Waals surface area contributed by atoms with E-state index in [1.165, 1.54) is 12.1 Å². The first-order valence-corrected chi connectivity index (χ1v) is 4.86. The van der Waals surface area contributed by atoms with Crippen LogP contribution in [0.15, 0.2) is 18.2 Å². The van der Waals surface area contributed by atoms with Crippen LogP contribution in [0.4, 0.5) is 16.2 Å². The summed E-state index contributed by atoms with van der Waals surface area (Å²) >= 11 is 0. The molecule has 0 atom stereocenters. The van der Waals surface area contributed by atoms with E-state index >= 15 is 0 Å². The SMILES string of the molecule is NC(=O)OCCNc1cc(C(N)=O)ccc1N. The lowest BCUT2D eigenvalue weighted by Gasteiger charge is -2.10. The van der Waals surface area contributed by atoms with E-state index in [1.807, 2.05) is 0 Å². The lowest BCUT2D eigenvalue weighted by molar-refractivity contribution is 0.100. The summed E-state index contributed by atoms with van der Waals surface area (Å²) in [6.07, 6.45) is -0.842. The van der Waals surface area contributed by atoms with Gasteiger partial charge in [0.05, 0.1) is 11.4 Å². The Morgan fingerprint density at radius 2 is 2.00 bits per heavy atom. The predicted molar refractivity (Wildman–Crippen MR) is 63.4 cm³/mol. The van der Waals surface area contributed by atoms with E-state index in [1.54, 1.807) is 6.07 Å². The van der Waals surface area contributed by atoms with Gasteiger partial charge in [-0.2, -0.15) is 0 Å². The minimum Gasteiger partial charge on any atom is -0.448 e. The second-order valence-corrected chi connectivity index (χ2v) is 3.26. The lowest BCUT2D eigenvalue weighted by Crippen LogP contribution is -2.19. The maximum absolute atomic E-state index is 11.0. The molecule has 1 aromatic carbocycles. The molecule has 0 aliphatic rings. The van der Waals surface area contributed by atoms with E-state index in [4.69, 9.17) is 17.2 Å². The van der Waals surface area contributed by atoms with Crippen molar-refractivity contribution >= 4 is 23.4 Å². The molecule has 92 valence electrons. The zero-order valence-electron chi connectivity index (χ0n) is 9.10. The number of carbonyl (C=O) groups excluding carboxylic acids is 2. The van der Waals surface area contributed by atoms with Gasteiger partial charge in [0, 0.05) is 12.1 Å². The topological polar surface area (TPSA) is 133 Å². The summed E-state index contributed by atoms with van der Waals surface area (Å²) in [7, 11) is 0. The molecule has 17 heavy (non-hydrogen) atoms. The molecule has 0 saturated carbocycles. The van der Waals surface area contributed by atoms with Crippen LogP contribution in [0, 0.1) is 0 Å². The summed E-state index contributed by atoms with van der Waals surface area (Å²) < 4.78 is 4.53. The van der Waals surface area contributed by atoms with Gasteiger partial charge in [-0.05, 0) is 18.2 Å². The van der Waals surface area contributed by atoms with Gasteiger partial charge in [-0.3, -0.25) is 4.79 Å². The Labute approximate surface area is 97.9 Å². The van der Waals surface area contributed by atoms with Gasteiger partial charge in [-0.25, -0.2) is 4.79 Å². The van der Waals surface area contributed by atoms with Crippen molar-refractivity contribution in [3.8, 4) is 0 Å². The largest absolute Gasteiger partial charge is 0.448 e. The summed E-state index contributed by atoms with van der Waals surface area (Å²) in [5.41, 5.74) is 17.0. The third kappa shape index (κ3) is 3.90. The number of benzene rings is 1. The number of anilines is 2. The van der Waals surface area contributed by atoms with Gasteiger partial charge in [-0.1, -0.05) is 0 Å². The maximum Gasteiger partial charge on any atom is 0.404 e. The Bertz CT molecular complexity index is 434. The molecule has 1 aromatic rings. The molecule has 0 saturated heterocycles. The fraction of sp³-hybridized carbons (Fsp3) is 0.200. The van der Waals surface area contributed by atoms with Crippen LogP contribution in [0.25, 0.3) is 0 Å². The summed E-state index contributed by atoms with van der Waals surface area (Å²) in [4.78, 5) is 21.3. The van der Waals surface area contributed by atoms with Crippen molar-refractivity contribution in [1.29, 1.82) is 0 Å². The molecule has 0 fully saturated rings. The molecule has 0 radical (unpaired) electrons. The highest BCUT2D eigenvalue weighted by atomic mass is 16.5. The second kappa shape index (κ2) is 5.59. The number of ether oxygens (including phenoxy) is 1. The Balaban J connectivity index is 2.60.